The summed E-state index contributed by atoms with van der Waals surface area (Å²) in [5.74, 6) is -0.309. The van der Waals surface area contributed by atoms with Crippen LogP contribution in [0.5, 0.6) is 0 Å². The summed E-state index contributed by atoms with van der Waals surface area (Å²) in [6.07, 6.45) is 0.153. The molecule has 46 heavy (non-hydrogen) atoms. The van der Waals surface area contributed by atoms with Crippen LogP contribution in [0.15, 0.2) is 24.3 Å². The van der Waals surface area contributed by atoms with Crippen molar-refractivity contribution in [1.29, 1.82) is 0 Å². The average molecular weight is 664 g/mol. The van der Waals surface area contributed by atoms with Crippen LogP contribution in [-0.2, 0) is 23.7 Å². The van der Waals surface area contributed by atoms with Crippen molar-refractivity contribution in [2.45, 2.75) is 152 Å². The molecule has 2 fully saturated rings. The van der Waals surface area contributed by atoms with Gasteiger partial charge < -0.3 is 65.1 Å². The minimum Gasteiger partial charge on any atom is -0.394 e. The lowest BCUT2D eigenvalue weighted by molar-refractivity contribution is -0.359. The average Bonchev–Trinajstić information content (AvgIpc) is 3.04. The molecule has 14 heteroatoms. The first-order valence-corrected chi connectivity index (χ1v) is 16.6. The predicted octanol–water partition coefficient (Wildman–Crippen LogP) is -0.474. The number of aliphatic hydroxyl groups excluding tert-OH is 8. The quantitative estimate of drug-likeness (QED) is 0.0560. The SMILES string of the molecule is CCCCCCC/C=C/CC/C=C/C(O)C(COC1OC(CO)C(OC2OC(CO)C(O)C(O)C2O)C(O)C1O)NC(=O)CCC. The monoisotopic (exact) mass is 663 g/mol. The second-order valence-electron chi connectivity index (χ2n) is 11.9. The molecule has 0 radical (unpaired) electrons. The van der Waals surface area contributed by atoms with Gasteiger partial charge in [-0.2, -0.15) is 0 Å². The molecule has 0 saturated carbocycles. The van der Waals surface area contributed by atoms with Crippen LogP contribution in [0, 0.1) is 0 Å². The molecule has 0 spiro atoms. The van der Waals surface area contributed by atoms with Crippen LogP contribution < -0.4 is 5.32 Å². The first-order chi connectivity index (χ1) is 22.1. The zero-order valence-electron chi connectivity index (χ0n) is 27.0. The van der Waals surface area contributed by atoms with E-state index in [1.807, 2.05) is 13.0 Å². The highest BCUT2D eigenvalue weighted by Gasteiger charge is 2.50. The van der Waals surface area contributed by atoms with E-state index < -0.39 is 86.8 Å². The van der Waals surface area contributed by atoms with Gasteiger partial charge in [0.2, 0.25) is 5.91 Å². The number of nitrogens with one attached hydrogen (secondary N) is 1. The maximum Gasteiger partial charge on any atom is 0.220 e. The summed E-state index contributed by atoms with van der Waals surface area (Å²) in [7, 11) is 0. The van der Waals surface area contributed by atoms with Crippen molar-refractivity contribution in [2.75, 3.05) is 19.8 Å². The second kappa shape index (κ2) is 22.2. The maximum absolute atomic E-state index is 12.4. The number of unbranched alkanes of at least 4 members (excludes halogenated alkanes) is 6. The number of aliphatic hydroxyl groups is 8. The lowest BCUT2D eigenvalue weighted by Crippen LogP contribution is -2.65. The molecule has 2 rings (SSSR count). The van der Waals surface area contributed by atoms with Crippen LogP contribution in [0.3, 0.4) is 0 Å². The Balaban J connectivity index is 1.96. The number of carbonyl (C=O) groups is 1. The lowest BCUT2D eigenvalue weighted by atomic mass is 9.97. The van der Waals surface area contributed by atoms with E-state index in [1.54, 1.807) is 6.08 Å². The van der Waals surface area contributed by atoms with Gasteiger partial charge in [-0.25, -0.2) is 0 Å². The van der Waals surface area contributed by atoms with Crippen LogP contribution in [0.25, 0.3) is 0 Å². The maximum atomic E-state index is 12.4. The Hall–Kier alpha value is -1.53. The van der Waals surface area contributed by atoms with Gasteiger partial charge in [0.1, 0.15) is 48.8 Å². The molecule has 2 aliphatic rings. The van der Waals surface area contributed by atoms with Crippen LogP contribution in [0.2, 0.25) is 0 Å². The molecule has 1 amide bonds. The van der Waals surface area contributed by atoms with E-state index in [0.717, 1.165) is 12.8 Å². The third-order valence-electron chi connectivity index (χ3n) is 8.11. The normalized spacial score (nSPS) is 33.4. The van der Waals surface area contributed by atoms with Gasteiger partial charge in [-0.15, -0.1) is 0 Å². The smallest absolute Gasteiger partial charge is 0.220 e. The Morgan fingerprint density at radius 2 is 1.39 bits per heavy atom. The van der Waals surface area contributed by atoms with Crippen LogP contribution >= 0.6 is 0 Å². The molecule has 2 saturated heterocycles. The van der Waals surface area contributed by atoms with E-state index >= 15 is 0 Å². The number of amides is 1. The van der Waals surface area contributed by atoms with Gasteiger partial charge in [0, 0.05) is 6.42 Å². The summed E-state index contributed by atoms with van der Waals surface area (Å²) in [6, 6.07) is -0.919. The molecule has 268 valence electrons. The zero-order chi connectivity index (χ0) is 34.1. The summed E-state index contributed by atoms with van der Waals surface area (Å²) in [4.78, 5) is 12.4. The van der Waals surface area contributed by atoms with E-state index in [-0.39, 0.29) is 18.9 Å². The Morgan fingerprint density at radius 1 is 0.761 bits per heavy atom. The number of allylic oxidation sites excluding steroid dienone is 3. The van der Waals surface area contributed by atoms with Gasteiger partial charge in [0.15, 0.2) is 12.6 Å². The molecule has 0 aromatic carbocycles. The van der Waals surface area contributed by atoms with Gasteiger partial charge in [-0.3, -0.25) is 4.79 Å². The third kappa shape index (κ3) is 12.8. The van der Waals surface area contributed by atoms with Crippen molar-refractivity contribution in [3.8, 4) is 0 Å². The van der Waals surface area contributed by atoms with Crippen molar-refractivity contribution < 1.29 is 64.6 Å². The highest BCUT2D eigenvalue weighted by atomic mass is 16.7. The molecular weight excluding hydrogens is 606 g/mol. The molecule has 0 aromatic rings. The van der Waals surface area contributed by atoms with E-state index in [2.05, 4.69) is 24.4 Å². The van der Waals surface area contributed by atoms with Crippen molar-refractivity contribution in [1.82, 2.24) is 5.32 Å². The fraction of sp³-hybridized carbons (Fsp3) is 0.844. The summed E-state index contributed by atoms with van der Waals surface area (Å²) in [6.45, 7) is 2.29. The molecule has 0 bridgehead atoms. The molecular formula is C32H57NO13. The minimum atomic E-state index is -1.78. The van der Waals surface area contributed by atoms with Crippen LogP contribution in [0.1, 0.15) is 78.1 Å². The molecule has 0 aromatic heterocycles. The molecule has 2 heterocycles. The Kier molecular flexibility index (Phi) is 19.6. The first kappa shape index (κ1) is 40.6. The molecule has 12 unspecified atom stereocenters. The van der Waals surface area contributed by atoms with Crippen molar-refractivity contribution in [2.24, 2.45) is 0 Å². The van der Waals surface area contributed by atoms with Crippen LogP contribution in [0.4, 0.5) is 0 Å². The zero-order valence-corrected chi connectivity index (χ0v) is 27.0. The van der Waals surface area contributed by atoms with Gasteiger partial charge in [0.05, 0.1) is 32.0 Å². The van der Waals surface area contributed by atoms with E-state index in [0.29, 0.717) is 12.8 Å². The standard InChI is InChI=1S/C32H57NO13/c1-3-5-6-7-8-9-10-11-12-13-14-16-21(36)20(33-24(37)15-4-2)19-43-31-29(42)27(40)30(23(18-35)45-31)46-32-28(41)26(39)25(38)22(17-34)44-32/h10-11,14,16,20-23,25-32,34-36,38-42H,3-9,12-13,15,17-19H2,1-2H3,(H,33,37)/b11-10+,16-14+. The fourth-order valence-electron chi connectivity index (χ4n) is 5.29. The van der Waals surface area contributed by atoms with Crippen molar-refractivity contribution >= 4 is 5.91 Å². The lowest BCUT2D eigenvalue weighted by Gasteiger charge is -2.46. The number of ether oxygens (including phenoxy) is 4. The Bertz CT molecular complexity index is 888. The summed E-state index contributed by atoms with van der Waals surface area (Å²) < 4.78 is 22.2. The van der Waals surface area contributed by atoms with Gasteiger partial charge in [0.25, 0.3) is 0 Å². The van der Waals surface area contributed by atoms with Crippen LogP contribution in [-0.4, -0.2) is 140 Å². The van der Waals surface area contributed by atoms with Gasteiger partial charge in [-0.05, 0) is 32.1 Å². The summed E-state index contributed by atoms with van der Waals surface area (Å²) in [5, 5.41) is 84.9. The Labute approximate surface area is 271 Å². The number of hydrogen-bond acceptors (Lipinski definition) is 13. The first-order valence-electron chi connectivity index (χ1n) is 16.6. The molecule has 14 nitrogen and oxygen atoms in total. The molecule has 9 N–H and O–H groups in total. The van der Waals surface area contributed by atoms with E-state index in [4.69, 9.17) is 18.9 Å². The third-order valence-corrected chi connectivity index (χ3v) is 8.11. The summed E-state index contributed by atoms with van der Waals surface area (Å²) in [5.41, 5.74) is 0. The van der Waals surface area contributed by atoms with E-state index in [1.165, 1.54) is 32.1 Å². The highest BCUT2D eigenvalue weighted by molar-refractivity contribution is 5.76. The van der Waals surface area contributed by atoms with Crippen molar-refractivity contribution in [3.05, 3.63) is 24.3 Å². The summed E-state index contributed by atoms with van der Waals surface area (Å²) >= 11 is 0. The largest absolute Gasteiger partial charge is 0.394 e. The highest BCUT2D eigenvalue weighted by Crippen LogP contribution is 2.29. The molecule has 0 aliphatic carbocycles. The predicted molar refractivity (Wildman–Crippen MR) is 166 cm³/mol. The van der Waals surface area contributed by atoms with Gasteiger partial charge >= 0.3 is 0 Å². The number of carbonyl (C=O) groups excluding carboxylic acids is 1. The number of hydrogen-bond donors (Lipinski definition) is 9. The topological polar surface area (TPSA) is 228 Å². The second-order valence-corrected chi connectivity index (χ2v) is 11.9. The van der Waals surface area contributed by atoms with E-state index in [9.17, 15) is 45.6 Å². The fourth-order valence-corrected chi connectivity index (χ4v) is 5.29. The number of rotatable bonds is 21. The van der Waals surface area contributed by atoms with Crippen molar-refractivity contribution in [3.63, 3.8) is 0 Å². The molecule has 12 atom stereocenters. The minimum absolute atomic E-state index is 0.223. The molecule has 2 aliphatic heterocycles. The Morgan fingerprint density at radius 3 is 2.07 bits per heavy atom. The van der Waals surface area contributed by atoms with Gasteiger partial charge in [-0.1, -0.05) is 63.8 Å².